The summed E-state index contributed by atoms with van der Waals surface area (Å²) in [6, 6.07) is 8.32. The van der Waals surface area contributed by atoms with Gasteiger partial charge in [0.1, 0.15) is 0 Å². The Bertz CT molecular complexity index is 336. The molecular weight excluding hydrogens is 204 g/mol. The molecule has 0 aliphatic heterocycles. The summed E-state index contributed by atoms with van der Waals surface area (Å²) >= 11 is 5.28. The summed E-state index contributed by atoms with van der Waals surface area (Å²) < 4.78 is 0. The monoisotopic (exact) mass is 222 g/mol. The Morgan fingerprint density at radius 3 is 2.80 bits per heavy atom. The average Bonchev–Trinajstić information content (AvgIpc) is 2.24. The lowest BCUT2D eigenvalue weighted by Gasteiger charge is -2.21. The number of aryl methyl sites for hydroxylation is 1. The van der Waals surface area contributed by atoms with Gasteiger partial charge in [0.15, 0.2) is 5.11 Å². The Morgan fingerprint density at radius 2 is 2.20 bits per heavy atom. The number of nitrogens with zero attached hydrogens (tertiary/aromatic N) is 1. The number of hydrogen-bond acceptors (Lipinski definition) is 1. The van der Waals surface area contributed by atoms with Crippen LogP contribution < -0.4 is 10.2 Å². The number of rotatable bonds is 3. The molecule has 1 aromatic rings. The van der Waals surface area contributed by atoms with Crippen LogP contribution in [0.1, 0.15) is 18.9 Å². The molecule has 0 spiro atoms. The second-order valence-electron chi connectivity index (χ2n) is 3.63. The van der Waals surface area contributed by atoms with E-state index in [1.165, 1.54) is 5.56 Å². The summed E-state index contributed by atoms with van der Waals surface area (Å²) in [5.41, 5.74) is 2.38. The van der Waals surface area contributed by atoms with Crippen LogP contribution in [0.2, 0.25) is 0 Å². The van der Waals surface area contributed by atoms with E-state index < -0.39 is 0 Å². The van der Waals surface area contributed by atoms with Crippen LogP contribution in [-0.2, 0) is 0 Å². The maximum Gasteiger partial charge on any atom is 0.173 e. The highest BCUT2D eigenvalue weighted by molar-refractivity contribution is 7.80. The number of hydrogen-bond donors (Lipinski definition) is 1. The molecule has 0 aliphatic carbocycles. The zero-order chi connectivity index (χ0) is 11.3. The first-order valence-corrected chi connectivity index (χ1v) is 5.64. The number of nitrogens with one attached hydrogen (secondary N) is 1. The van der Waals surface area contributed by atoms with Crippen LogP contribution in [0, 0.1) is 6.92 Å². The summed E-state index contributed by atoms with van der Waals surface area (Å²) in [7, 11) is 1.99. The van der Waals surface area contributed by atoms with Crippen molar-refractivity contribution in [2.75, 3.05) is 18.5 Å². The Kier molecular flexibility index (Phi) is 4.56. The fraction of sp³-hybridized carbons (Fsp3) is 0.417. The quantitative estimate of drug-likeness (QED) is 0.792. The molecule has 0 aromatic heterocycles. The molecule has 3 heteroatoms. The molecule has 0 amide bonds. The molecular formula is C12H18N2S. The van der Waals surface area contributed by atoms with Gasteiger partial charge in [-0.1, -0.05) is 19.1 Å². The van der Waals surface area contributed by atoms with Crippen molar-refractivity contribution in [3.05, 3.63) is 29.8 Å². The van der Waals surface area contributed by atoms with Crippen molar-refractivity contribution in [3.63, 3.8) is 0 Å². The molecule has 0 saturated carbocycles. The highest BCUT2D eigenvalue weighted by Crippen LogP contribution is 2.14. The number of anilines is 1. The van der Waals surface area contributed by atoms with Gasteiger partial charge in [-0.2, -0.15) is 0 Å². The fourth-order valence-electron chi connectivity index (χ4n) is 1.30. The summed E-state index contributed by atoms with van der Waals surface area (Å²) in [6.07, 6.45) is 1.09. The van der Waals surface area contributed by atoms with Crippen molar-refractivity contribution in [1.29, 1.82) is 0 Å². The number of benzene rings is 1. The first kappa shape index (κ1) is 12.0. The SMILES string of the molecule is CCCNC(=S)N(C)c1cccc(C)c1. The van der Waals surface area contributed by atoms with Gasteiger partial charge in [0.25, 0.3) is 0 Å². The predicted molar refractivity (Wildman–Crippen MR) is 70.5 cm³/mol. The summed E-state index contributed by atoms with van der Waals surface area (Å²) in [5.74, 6) is 0. The van der Waals surface area contributed by atoms with Crippen molar-refractivity contribution in [2.45, 2.75) is 20.3 Å². The molecule has 2 nitrogen and oxygen atoms in total. The highest BCUT2D eigenvalue weighted by Gasteiger charge is 2.05. The predicted octanol–water partition coefficient (Wildman–Crippen LogP) is 2.72. The van der Waals surface area contributed by atoms with Gasteiger partial charge >= 0.3 is 0 Å². The zero-order valence-corrected chi connectivity index (χ0v) is 10.4. The fourth-order valence-corrected chi connectivity index (χ4v) is 1.51. The van der Waals surface area contributed by atoms with E-state index in [2.05, 4.69) is 37.4 Å². The van der Waals surface area contributed by atoms with Gasteiger partial charge < -0.3 is 10.2 Å². The molecule has 0 radical (unpaired) electrons. The van der Waals surface area contributed by atoms with E-state index in [-0.39, 0.29) is 0 Å². The molecule has 0 aliphatic rings. The van der Waals surface area contributed by atoms with Gasteiger partial charge in [0, 0.05) is 19.3 Å². The highest BCUT2D eigenvalue weighted by atomic mass is 32.1. The summed E-state index contributed by atoms with van der Waals surface area (Å²) in [4.78, 5) is 2.00. The molecule has 15 heavy (non-hydrogen) atoms. The van der Waals surface area contributed by atoms with Gasteiger partial charge in [-0.25, -0.2) is 0 Å². The molecule has 0 saturated heterocycles. The van der Waals surface area contributed by atoms with Crippen molar-refractivity contribution in [1.82, 2.24) is 5.32 Å². The van der Waals surface area contributed by atoms with E-state index in [1.807, 2.05) is 18.0 Å². The largest absolute Gasteiger partial charge is 0.362 e. The van der Waals surface area contributed by atoms with Crippen LogP contribution in [0.15, 0.2) is 24.3 Å². The van der Waals surface area contributed by atoms with Gasteiger partial charge in [-0.05, 0) is 43.3 Å². The van der Waals surface area contributed by atoms with Crippen molar-refractivity contribution >= 4 is 23.0 Å². The zero-order valence-electron chi connectivity index (χ0n) is 9.58. The van der Waals surface area contributed by atoms with Crippen LogP contribution in [-0.4, -0.2) is 18.7 Å². The maximum atomic E-state index is 5.28. The third kappa shape index (κ3) is 3.51. The summed E-state index contributed by atoms with van der Waals surface area (Å²) in [5, 5.41) is 3.99. The van der Waals surface area contributed by atoms with Crippen LogP contribution in [0.3, 0.4) is 0 Å². The van der Waals surface area contributed by atoms with Crippen LogP contribution >= 0.6 is 12.2 Å². The van der Waals surface area contributed by atoms with Gasteiger partial charge in [-0.3, -0.25) is 0 Å². The minimum Gasteiger partial charge on any atom is -0.362 e. The van der Waals surface area contributed by atoms with Gasteiger partial charge in [-0.15, -0.1) is 0 Å². The second-order valence-corrected chi connectivity index (χ2v) is 4.02. The first-order chi connectivity index (χ1) is 7.15. The van der Waals surface area contributed by atoms with Crippen LogP contribution in [0.4, 0.5) is 5.69 Å². The lowest BCUT2D eigenvalue weighted by Crippen LogP contribution is -2.37. The third-order valence-corrected chi connectivity index (χ3v) is 2.64. The topological polar surface area (TPSA) is 15.3 Å². The molecule has 0 unspecified atom stereocenters. The van der Waals surface area contributed by atoms with E-state index in [9.17, 15) is 0 Å². The smallest absolute Gasteiger partial charge is 0.173 e. The normalized spacial score (nSPS) is 9.80. The van der Waals surface area contributed by atoms with Gasteiger partial charge in [0.05, 0.1) is 0 Å². The molecule has 1 N–H and O–H groups in total. The summed E-state index contributed by atoms with van der Waals surface area (Å²) in [6.45, 7) is 5.14. The molecule has 0 atom stereocenters. The van der Waals surface area contributed by atoms with E-state index in [1.54, 1.807) is 0 Å². The third-order valence-electron chi connectivity index (χ3n) is 2.22. The lowest BCUT2D eigenvalue weighted by molar-refractivity contribution is 0.837. The molecule has 0 bridgehead atoms. The Labute approximate surface area is 97.3 Å². The van der Waals surface area contributed by atoms with E-state index in [0.29, 0.717) is 0 Å². The van der Waals surface area contributed by atoms with Crippen molar-refractivity contribution < 1.29 is 0 Å². The average molecular weight is 222 g/mol. The standard InChI is InChI=1S/C12H18N2S/c1-4-8-13-12(15)14(3)11-7-5-6-10(2)9-11/h5-7,9H,4,8H2,1-3H3,(H,13,15). The number of thiocarbonyl (C=S) groups is 1. The molecule has 1 rings (SSSR count). The van der Waals surface area contributed by atoms with E-state index >= 15 is 0 Å². The minimum absolute atomic E-state index is 0.780. The molecule has 0 heterocycles. The molecule has 0 fully saturated rings. The lowest BCUT2D eigenvalue weighted by atomic mass is 10.2. The van der Waals surface area contributed by atoms with E-state index in [0.717, 1.165) is 23.8 Å². The van der Waals surface area contributed by atoms with Crippen LogP contribution in [0.25, 0.3) is 0 Å². The first-order valence-electron chi connectivity index (χ1n) is 5.23. The van der Waals surface area contributed by atoms with Crippen LogP contribution in [0.5, 0.6) is 0 Å². The minimum atomic E-state index is 0.780. The molecule has 1 aromatic carbocycles. The second kappa shape index (κ2) is 5.71. The Morgan fingerprint density at radius 1 is 1.47 bits per heavy atom. The van der Waals surface area contributed by atoms with E-state index in [4.69, 9.17) is 12.2 Å². The Balaban J connectivity index is 2.67. The Hall–Kier alpha value is -1.09. The van der Waals surface area contributed by atoms with Crippen molar-refractivity contribution in [3.8, 4) is 0 Å². The maximum absolute atomic E-state index is 5.28. The molecule has 82 valence electrons. The van der Waals surface area contributed by atoms with Crippen molar-refractivity contribution in [2.24, 2.45) is 0 Å². The van der Waals surface area contributed by atoms with Gasteiger partial charge in [0.2, 0.25) is 0 Å².